The number of nitrogens with one attached hydrogen (secondary N) is 1. The zero-order valence-corrected chi connectivity index (χ0v) is 15.9. The maximum atomic E-state index is 13.5. The Morgan fingerprint density at radius 2 is 2.11 bits per heavy atom. The molecule has 1 aliphatic heterocycles. The van der Waals surface area contributed by atoms with Crippen LogP contribution in [0, 0.1) is 5.82 Å². The van der Waals surface area contributed by atoms with E-state index >= 15 is 0 Å². The molecule has 1 amide bonds. The van der Waals surface area contributed by atoms with E-state index in [4.69, 9.17) is 17.3 Å². The number of nitrogens with zero attached hydrogens (tertiary/aromatic N) is 2. The lowest BCUT2D eigenvalue weighted by Gasteiger charge is -2.33. The Hall–Kier alpha value is -2.80. The summed E-state index contributed by atoms with van der Waals surface area (Å²) in [6.45, 7) is 1.04. The number of carbonyl (C=O) groups is 1. The van der Waals surface area contributed by atoms with Gasteiger partial charge >= 0.3 is 5.69 Å². The molecule has 0 bridgehead atoms. The normalized spacial score (nSPS) is 17.2. The topological polar surface area (TPSA) is 84.1 Å². The summed E-state index contributed by atoms with van der Waals surface area (Å²) in [4.78, 5) is 29.8. The number of fused-ring (bicyclic) bond motifs is 1. The van der Waals surface area contributed by atoms with Gasteiger partial charge in [0.1, 0.15) is 5.82 Å². The second kappa shape index (κ2) is 7.31. The minimum absolute atomic E-state index is 0.0729. The number of likely N-dealkylation sites (tertiary alicyclic amines) is 1. The first-order chi connectivity index (χ1) is 13.4. The molecule has 6 nitrogen and oxygen atoms in total. The van der Waals surface area contributed by atoms with Crippen molar-refractivity contribution < 1.29 is 9.18 Å². The molecule has 0 spiro atoms. The molecular formula is C20H20ClFN4O2. The highest BCUT2D eigenvalue weighted by molar-refractivity contribution is 6.30. The van der Waals surface area contributed by atoms with Crippen molar-refractivity contribution in [1.29, 1.82) is 0 Å². The number of H-pyrrole nitrogens is 1. The fraction of sp³-hybridized carbons (Fsp3) is 0.300. The van der Waals surface area contributed by atoms with E-state index in [-0.39, 0.29) is 29.1 Å². The Bertz CT molecular complexity index is 1090. The molecule has 146 valence electrons. The van der Waals surface area contributed by atoms with Crippen molar-refractivity contribution >= 4 is 34.2 Å². The first kappa shape index (κ1) is 18.6. The zero-order valence-electron chi connectivity index (χ0n) is 15.1. The Kier molecular flexibility index (Phi) is 4.85. The third kappa shape index (κ3) is 3.62. The molecule has 0 saturated carbocycles. The predicted octanol–water partition coefficient (Wildman–Crippen LogP) is 3.11. The molecular weight excluding hydrogens is 383 g/mol. The highest BCUT2D eigenvalue weighted by Crippen LogP contribution is 2.25. The third-order valence-electron chi connectivity index (χ3n) is 5.13. The third-order valence-corrected chi connectivity index (χ3v) is 5.35. The van der Waals surface area contributed by atoms with Gasteiger partial charge < -0.3 is 15.6 Å². The number of hydrogen-bond donors (Lipinski definition) is 2. The number of piperidine rings is 1. The van der Waals surface area contributed by atoms with E-state index in [0.29, 0.717) is 29.9 Å². The number of nitrogens with two attached hydrogens (primary N) is 1. The van der Waals surface area contributed by atoms with Crippen molar-refractivity contribution in [2.75, 3.05) is 18.8 Å². The van der Waals surface area contributed by atoms with Gasteiger partial charge in [-0.25, -0.2) is 9.18 Å². The van der Waals surface area contributed by atoms with Crippen LogP contribution < -0.4 is 11.4 Å². The minimum atomic E-state index is -0.462. The average Bonchev–Trinajstić information content (AvgIpc) is 2.95. The van der Waals surface area contributed by atoms with Gasteiger partial charge in [-0.2, -0.15) is 0 Å². The number of carbonyl (C=O) groups excluding carboxylic acids is 1. The molecule has 2 heterocycles. The molecule has 0 aliphatic carbocycles. The van der Waals surface area contributed by atoms with Gasteiger partial charge in [0, 0.05) is 23.8 Å². The molecule has 2 aromatic carbocycles. The number of benzene rings is 2. The second-order valence-corrected chi connectivity index (χ2v) is 7.60. The van der Waals surface area contributed by atoms with Crippen molar-refractivity contribution in [2.24, 2.45) is 0 Å². The molecule has 3 aromatic rings. The SMILES string of the molecule is Nc1ccc2c(c1)[nH]c(=O)n2[C@H]1CCCN(C(=O)Cc2cc(F)cc(Cl)c2)C1. The van der Waals surface area contributed by atoms with Gasteiger partial charge in [0.2, 0.25) is 5.91 Å². The van der Waals surface area contributed by atoms with Crippen LogP contribution in [0.1, 0.15) is 24.4 Å². The van der Waals surface area contributed by atoms with Crippen LogP contribution in [0.3, 0.4) is 0 Å². The monoisotopic (exact) mass is 402 g/mol. The quantitative estimate of drug-likeness (QED) is 0.660. The molecule has 1 fully saturated rings. The van der Waals surface area contributed by atoms with Crippen LogP contribution in [0.15, 0.2) is 41.2 Å². The Balaban J connectivity index is 1.55. The highest BCUT2D eigenvalue weighted by Gasteiger charge is 2.27. The summed E-state index contributed by atoms with van der Waals surface area (Å²) in [7, 11) is 0. The molecule has 1 atom stereocenters. The van der Waals surface area contributed by atoms with Gasteiger partial charge in [0.05, 0.1) is 23.5 Å². The van der Waals surface area contributed by atoms with E-state index in [1.165, 1.54) is 12.1 Å². The van der Waals surface area contributed by atoms with Gasteiger partial charge in [0.15, 0.2) is 0 Å². The number of imidazole rings is 1. The van der Waals surface area contributed by atoms with E-state index in [0.717, 1.165) is 18.4 Å². The summed E-state index contributed by atoms with van der Waals surface area (Å²) in [5, 5.41) is 0.268. The van der Waals surface area contributed by atoms with Gasteiger partial charge in [-0.15, -0.1) is 0 Å². The fourth-order valence-corrected chi connectivity index (χ4v) is 4.15. The number of anilines is 1. The smallest absolute Gasteiger partial charge is 0.326 e. The second-order valence-electron chi connectivity index (χ2n) is 7.17. The fourth-order valence-electron chi connectivity index (χ4n) is 3.90. The predicted molar refractivity (Wildman–Crippen MR) is 107 cm³/mol. The summed E-state index contributed by atoms with van der Waals surface area (Å²) < 4.78 is 15.2. The maximum Gasteiger partial charge on any atom is 0.326 e. The Morgan fingerprint density at radius 1 is 1.29 bits per heavy atom. The van der Waals surface area contributed by atoms with E-state index in [1.54, 1.807) is 27.7 Å². The summed E-state index contributed by atoms with van der Waals surface area (Å²) in [6.07, 6.45) is 1.66. The molecule has 1 aliphatic rings. The average molecular weight is 403 g/mol. The number of aromatic nitrogens is 2. The first-order valence-corrected chi connectivity index (χ1v) is 9.51. The van der Waals surface area contributed by atoms with Crippen LogP contribution in [0.25, 0.3) is 11.0 Å². The molecule has 1 aromatic heterocycles. The number of nitrogen functional groups attached to an aromatic ring is 1. The maximum absolute atomic E-state index is 13.5. The van der Waals surface area contributed by atoms with Crippen LogP contribution >= 0.6 is 11.6 Å². The summed E-state index contributed by atoms with van der Waals surface area (Å²) >= 11 is 5.88. The lowest BCUT2D eigenvalue weighted by atomic mass is 10.0. The minimum Gasteiger partial charge on any atom is -0.399 e. The van der Waals surface area contributed by atoms with Crippen molar-refractivity contribution in [1.82, 2.24) is 14.5 Å². The summed E-state index contributed by atoms with van der Waals surface area (Å²) in [5.74, 6) is -0.570. The molecule has 28 heavy (non-hydrogen) atoms. The van der Waals surface area contributed by atoms with E-state index in [2.05, 4.69) is 4.98 Å². The van der Waals surface area contributed by atoms with Crippen LogP contribution in [0.2, 0.25) is 5.02 Å². The van der Waals surface area contributed by atoms with Crippen molar-refractivity contribution in [2.45, 2.75) is 25.3 Å². The molecule has 0 unspecified atom stereocenters. The summed E-state index contributed by atoms with van der Waals surface area (Å²) in [5.41, 5.74) is 8.16. The molecule has 1 saturated heterocycles. The first-order valence-electron chi connectivity index (χ1n) is 9.13. The van der Waals surface area contributed by atoms with E-state index in [9.17, 15) is 14.0 Å². The zero-order chi connectivity index (χ0) is 19.8. The van der Waals surface area contributed by atoms with Crippen molar-refractivity contribution in [3.05, 3.63) is 63.3 Å². The highest BCUT2D eigenvalue weighted by atomic mass is 35.5. The van der Waals surface area contributed by atoms with Gasteiger partial charge in [-0.3, -0.25) is 9.36 Å². The van der Waals surface area contributed by atoms with E-state index in [1.807, 2.05) is 6.07 Å². The molecule has 0 radical (unpaired) electrons. The van der Waals surface area contributed by atoms with E-state index < -0.39 is 5.82 Å². The van der Waals surface area contributed by atoms with Gasteiger partial charge in [0.25, 0.3) is 0 Å². The van der Waals surface area contributed by atoms with Crippen LogP contribution in [0.4, 0.5) is 10.1 Å². The van der Waals surface area contributed by atoms with Crippen molar-refractivity contribution in [3.63, 3.8) is 0 Å². The van der Waals surface area contributed by atoms with Crippen LogP contribution in [-0.2, 0) is 11.2 Å². The Labute approximate surface area is 165 Å². The number of amides is 1. The number of halogens is 2. The lowest BCUT2D eigenvalue weighted by Crippen LogP contribution is -2.43. The van der Waals surface area contributed by atoms with Crippen molar-refractivity contribution in [3.8, 4) is 0 Å². The molecule has 3 N–H and O–H groups in total. The Morgan fingerprint density at radius 3 is 2.89 bits per heavy atom. The largest absolute Gasteiger partial charge is 0.399 e. The van der Waals surface area contributed by atoms with Crippen LogP contribution in [0.5, 0.6) is 0 Å². The number of hydrogen-bond acceptors (Lipinski definition) is 3. The molecule has 8 heteroatoms. The van der Waals surface area contributed by atoms with Gasteiger partial charge in [-0.05, 0) is 54.8 Å². The molecule has 4 rings (SSSR count). The number of aromatic amines is 1. The standard InChI is InChI=1S/C20H20ClFN4O2/c21-13-6-12(7-14(22)9-13)8-19(27)25-5-1-2-16(11-25)26-18-4-3-15(23)10-17(18)24-20(26)28/h3-4,6-7,9-10,16H,1-2,5,8,11,23H2,(H,24,28)/t16-/m0/s1. The summed E-state index contributed by atoms with van der Waals surface area (Å²) in [6, 6.07) is 9.30. The number of rotatable bonds is 3. The van der Waals surface area contributed by atoms with Gasteiger partial charge in [-0.1, -0.05) is 11.6 Å². The van der Waals surface area contributed by atoms with Crippen LogP contribution in [-0.4, -0.2) is 33.4 Å². The lowest BCUT2D eigenvalue weighted by molar-refractivity contribution is -0.132.